The van der Waals surface area contributed by atoms with Gasteiger partial charge in [-0.2, -0.15) is 0 Å². The Bertz CT molecular complexity index is 1470. The lowest BCUT2D eigenvalue weighted by atomic mass is 10.0. The van der Waals surface area contributed by atoms with E-state index in [9.17, 15) is 9.59 Å². The molecule has 0 aliphatic carbocycles. The van der Waals surface area contributed by atoms with Crippen LogP contribution in [0.2, 0.25) is 0 Å². The van der Waals surface area contributed by atoms with Gasteiger partial charge in [-0.05, 0) is 50.6 Å². The van der Waals surface area contributed by atoms with E-state index in [4.69, 9.17) is 9.15 Å². The lowest BCUT2D eigenvalue weighted by Gasteiger charge is -2.35. The third-order valence-electron chi connectivity index (χ3n) is 6.45. The van der Waals surface area contributed by atoms with Gasteiger partial charge in [0.15, 0.2) is 17.2 Å². The van der Waals surface area contributed by atoms with Gasteiger partial charge in [-0.1, -0.05) is 35.9 Å². The Balaban J connectivity index is 1.28. The molecule has 0 unspecified atom stereocenters. The van der Waals surface area contributed by atoms with Gasteiger partial charge >= 0.3 is 5.63 Å². The number of benzene rings is 2. The molecule has 36 heavy (non-hydrogen) atoms. The number of piperazine rings is 1. The van der Waals surface area contributed by atoms with Crippen LogP contribution in [-0.4, -0.2) is 53.8 Å². The second-order valence-corrected chi connectivity index (χ2v) is 8.93. The summed E-state index contributed by atoms with van der Waals surface area (Å²) in [7, 11) is 0. The number of nitrogens with zero attached hydrogens (tertiary/aromatic N) is 4. The topological polar surface area (TPSA) is 88.8 Å². The van der Waals surface area contributed by atoms with Crippen molar-refractivity contribution in [2.45, 2.75) is 20.8 Å². The highest BCUT2D eigenvalue weighted by molar-refractivity contribution is 5.97. The monoisotopic (exact) mass is 484 g/mol. The van der Waals surface area contributed by atoms with E-state index in [2.05, 4.69) is 47.1 Å². The normalized spacial score (nSPS) is 13.8. The largest absolute Gasteiger partial charge is 0.490 e. The molecule has 2 aromatic heterocycles. The van der Waals surface area contributed by atoms with Crippen molar-refractivity contribution in [1.82, 2.24) is 15.1 Å². The second-order valence-electron chi connectivity index (χ2n) is 8.93. The van der Waals surface area contributed by atoms with E-state index in [1.807, 2.05) is 25.1 Å². The summed E-state index contributed by atoms with van der Waals surface area (Å²) in [6, 6.07) is 17.2. The summed E-state index contributed by atoms with van der Waals surface area (Å²) >= 11 is 0. The van der Waals surface area contributed by atoms with Crippen LogP contribution in [0.1, 0.15) is 28.4 Å². The fourth-order valence-corrected chi connectivity index (χ4v) is 4.58. The molecule has 1 aliphatic heterocycles. The predicted molar refractivity (Wildman–Crippen MR) is 139 cm³/mol. The summed E-state index contributed by atoms with van der Waals surface area (Å²) in [4.78, 5) is 29.6. The number of anilines is 1. The molecular formula is C28H28N4O4. The Morgan fingerprint density at radius 1 is 1.00 bits per heavy atom. The van der Waals surface area contributed by atoms with Gasteiger partial charge in [-0.15, -0.1) is 10.2 Å². The zero-order chi connectivity index (χ0) is 25.2. The molecule has 0 spiro atoms. The van der Waals surface area contributed by atoms with Gasteiger partial charge in [0.25, 0.3) is 5.91 Å². The minimum Gasteiger partial charge on any atom is -0.490 e. The molecule has 0 radical (unpaired) electrons. The summed E-state index contributed by atoms with van der Waals surface area (Å²) in [6.07, 6.45) is 0. The first-order chi connectivity index (χ1) is 17.4. The summed E-state index contributed by atoms with van der Waals surface area (Å²) in [6.45, 7) is 8.58. The first kappa shape index (κ1) is 23.5. The molecule has 1 aliphatic rings. The first-order valence-corrected chi connectivity index (χ1v) is 12.1. The average Bonchev–Trinajstić information content (AvgIpc) is 2.89. The van der Waals surface area contributed by atoms with Gasteiger partial charge in [0.2, 0.25) is 0 Å². The van der Waals surface area contributed by atoms with Crippen molar-refractivity contribution in [3.05, 3.63) is 81.7 Å². The van der Waals surface area contributed by atoms with E-state index in [0.29, 0.717) is 49.5 Å². The molecule has 0 bridgehead atoms. The van der Waals surface area contributed by atoms with Gasteiger partial charge in [-0.25, -0.2) is 4.79 Å². The SMILES string of the molecule is CCOc1cccc2cc(C(=O)N3CCN(c4ccc(-c5ccc(C)cc5C)nn4)CC3)c(=O)oc12. The Kier molecular flexibility index (Phi) is 6.41. The van der Waals surface area contributed by atoms with E-state index in [0.717, 1.165) is 22.6 Å². The molecule has 184 valence electrons. The lowest BCUT2D eigenvalue weighted by molar-refractivity contribution is 0.0742. The van der Waals surface area contributed by atoms with Crippen molar-refractivity contribution in [3.8, 4) is 17.0 Å². The number of aryl methyl sites for hydroxylation is 2. The Morgan fingerprint density at radius 2 is 1.81 bits per heavy atom. The number of ether oxygens (including phenoxy) is 1. The van der Waals surface area contributed by atoms with Crippen LogP contribution in [0, 0.1) is 13.8 Å². The minimum absolute atomic E-state index is 0.0298. The average molecular weight is 485 g/mol. The van der Waals surface area contributed by atoms with Crippen molar-refractivity contribution < 1.29 is 13.9 Å². The van der Waals surface area contributed by atoms with Crippen LogP contribution in [0.4, 0.5) is 5.82 Å². The van der Waals surface area contributed by atoms with Gasteiger partial charge in [0.05, 0.1) is 12.3 Å². The highest BCUT2D eigenvalue weighted by atomic mass is 16.5. The quantitative estimate of drug-likeness (QED) is 0.392. The van der Waals surface area contributed by atoms with Crippen molar-refractivity contribution in [2.75, 3.05) is 37.7 Å². The Labute approximate surface area is 209 Å². The molecule has 0 saturated carbocycles. The Morgan fingerprint density at radius 3 is 2.50 bits per heavy atom. The molecule has 1 amide bonds. The van der Waals surface area contributed by atoms with Gasteiger partial charge in [0, 0.05) is 37.1 Å². The molecule has 4 aromatic rings. The van der Waals surface area contributed by atoms with Crippen LogP contribution in [-0.2, 0) is 0 Å². The van der Waals surface area contributed by atoms with Crippen LogP contribution < -0.4 is 15.3 Å². The van der Waals surface area contributed by atoms with Crippen molar-refractivity contribution in [2.24, 2.45) is 0 Å². The second kappa shape index (κ2) is 9.81. The molecule has 2 aromatic carbocycles. The van der Waals surface area contributed by atoms with Crippen molar-refractivity contribution >= 4 is 22.7 Å². The number of para-hydroxylation sites is 1. The number of hydrogen-bond acceptors (Lipinski definition) is 7. The molecule has 1 fully saturated rings. The summed E-state index contributed by atoms with van der Waals surface area (Å²) in [5.41, 5.74) is 4.00. The molecule has 0 N–H and O–H groups in total. The Hall–Kier alpha value is -4.20. The number of hydrogen-bond donors (Lipinski definition) is 0. The first-order valence-electron chi connectivity index (χ1n) is 12.1. The summed E-state index contributed by atoms with van der Waals surface area (Å²) in [5, 5.41) is 9.53. The number of fused-ring (bicyclic) bond motifs is 1. The van der Waals surface area contributed by atoms with Crippen LogP contribution >= 0.6 is 0 Å². The number of rotatable bonds is 5. The molecular weight excluding hydrogens is 456 g/mol. The maximum absolute atomic E-state index is 13.2. The predicted octanol–water partition coefficient (Wildman–Crippen LogP) is 4.23. The smallest absolute Gasteiger partial charge is 0.349 e. The van der Waals surface area contributed by atoms with E-state index in [1.54, 1.807) is 23.1 Å². The summed E-state index contributed by atoms with van der Waals surface area (Å²) < 4.78 is 11.0. The molecule has 8 heteroatoms. The zero-order valence-electron chi connectivity index (χ0n) is 20.7. The number of carbonyl (C=O) groups is 1. The standard InChI is InChI=1S/C28H28N4O4/c1-4-35-24-7-5-6-20-17-22(28(34)36-26(20)24)27(33)32-14-12-31(13-15-32)25-11-10-23(29-30-25)21-9-8-18(2)16-19(21)3/h5-11,16-17H,4,12-15H2,1-3H3. The van der Waals surface area contributed by atoms with E-state index in [1.165, 1.54) is 5.56 Å². The van der Waals surface area contributed by atoms with Crippen molar-refractivity contribution in [3.63, 3.8) is 0 Å². The van der Waals surface area contributed by atoms with Crippen LogP contribution in [0.25, 0.3) is 22.2 Å². The number of aromatic nitrogens is 2. The van der Waals surface area contributed by atoms with Gasteiger partial charge in [-0.3, -0.25) is 4.79 Å². The van der Waals surface area contributed by atoms with E-state index < -0.39 is 5.63 Å². The number of amides is 1. The lowest BCUT2D eigenvalue weighted by Crippen LogP contribution is -2.49. The van der Waals surface area contributed by atoms with Crippen LogP contribution in [0.3, 0.4) is 0 Å². The van der Waals surface area contributed by atoms with E-state index in [-0.39, 0.29) is 11.5 Å². The minimum atomic E-state index is -0.657. The molecule has 5 rings (SSSR count). The van der Waals surface area contributed by atoms with Crippen LogP contribution in [0.15, 0.2) is 63.8 Å². The van der Waals surface area contributed by atoms with E-state index >= 15 is 0 Å². The van der Waals surface area contributed by atoms with Crippen LogP contribution in [0.5, 0.6) is 5.75 Å². The third-order valence-corrected chi connectivity index (χ3v) is 6.45. The van der Waals surface area contributed by atoms with Crippen molar-refractivity contribution in [1.29, 1.82) is 0 Å². The maximum atomic E-state index is 13.2. The molecule has 3 heterocycles. The van der Waals surface area contributed by atoms with Gasteiger partial charge < -0.3 is 19.0 Å². The summed E-state index contributed by atoms with van der Waals surface area (Å²) in [5.74, 6) is 0.928. The number of carbonyl (C=O) groups excluding carboxylic acids is 1. The highest BCUT2D eigenvalue weighted by Crippen LogP contribution is 2.26. The zero-order valence-corrected chi connectivity index (χ0v) is 20.7. The molecule has 0 atom stereocenters. The van der Waals surface area contributed by atoms with Gasteiger partial charge in [0.1, 0.15) is 5.56 Å². The molecule has 1 saturated heterocycles. The fraction of sp³-hybridized carbons (Fsp3) is 0.286. The fourth-order valence-electron chi connectivity index (χ4n) is 4.58. The highest BCUT2D eigenvalue weighted by Gasteiger charge is 2.26. The molecule has 8 nitrogen and oxygen atoms in total. The third kappa shape index (κ3) is 4.54. The maximum Gasteiger partial charge on any atom is 0.349 e.